The van der Waals surface area contributed by atoms with E-state index in [-0.39, 0.29) is 5.91 Å². The van der Waals surface area contributed by atoms with Crippen molar-refractivity contribution in [2.24, 2.45) is 0 Å². The van der Waals surface area contributed by atoms with Crippen LogP contribution in [-0.4, -0.2) is 23.9 Å². The zero-order chi connectivity index (χ0) is 12.4. The van der Waals surface area contributed by atoms with Crippen LogP contribution in [0.25, 0.3) is 0 Å². The van der Waals surface area contributed by atoms with Gasteiger partial charge >= 0.3 is 0 Å². The van der Waals surface area contributed by atoms with Crippen LogP contribution in [0.4, 0.5) is 5.69 Å². The topological polar surface area (TPSA) is 46.3 Å². The average molecular weight is 251 g/mol. The Balaban J connectivity index is 2.29. The molecular weight excluding hydrogens is 236 g/mol. The molecule has 2 N–H and O–H groups in total. The molecule has 0 saturated heterocycles. The molecule has 0 aromatic heterocycles. The molecule has 1 heterocycles. The zero-order valence-electron chi connectivity index (χ0n) is 9.74. The number of hydrogen-bond donors (Lipinski definition) is 1. The van der Waals surface area contributed by atoms with Crippen molar-refractivity contribution in [1.29, 1.82) is 0 Å². The second-order valence-electron chi connectivity index (χ2n) is 4.27. The van der Waals surface area contributed by atoms with Gasteiger partial charge in [-0.15, -0.1) is 0 Å². The molecule has 0 spiro atoms. The monoisotopic (exact) mass is 250 g/mol. The lowest BCUT2D eigenvalue weighted by molar-refractivity contribution is 0.0767. The lowest BCUT2D eigenvalue weighted by Crippen LogP contribution is -2.35. The highest BCUT2D eigenvalue weighted by Gasteiger charge is 2.22. The SMILES string of the molecule is CC1=CCCN(C(=O)c2c(N)cccc2Cl)C1. The molecule has 3 nitrogen and oxygen atoms in total. The first-order valence-electron chi connectivity index (χ1n) is 5.58. The van der Waals surface area contributed by atoms with Crippen molar-refractivity contribution >= 4 is 23.2 Å². The minimum atomic E-state index is -0.0828. The molecule has 0 fully saturated rings. The maximum Gasteiger partial charge on any atom is 0.257 e. The van der Waals surface area contributed by atoms with Crippen LogP contribution in [0.5, 0.6) is 0 Å². The standard InChI is InChI=1S/C13H15ClN2O/c1-9-4-3-7-16(8-9)13(17)12-10(14)5-2-6-11(12)15/h2,4-6H,3,7-8,15H2,1H3. The number of halogens is 1. The summed E-state index contributed by atoms with van der Waals surface area (Å²) in [6, 6.07) is 5.14. The first-order valence-corrected chi connectivity index (χ1v) is 5.96. The Bertz CT molecular complexity index is 462. The van der Waals surface area contributed by atoms with E-state index >= 15 is 0 Å². The fourth-order valence-electron chi connectivity index (χ4n) is 2.01. The predicted molar refractivity (Wildman–Crippen MR) is 70.1 cm³/mol. The summed E-state index contributed by atoms with van der Waals surface area (Å²) < 4.78 is 0. The van der Waals surface area contributed by atoms with E-state index in [9.17, 15) is 4.79 Å². The number of hydrogen-bond acceptors (Lipinski definition) is 2. The minimum absolute atomic E-state index is 0.0828. The molecule has 0 unspecified atom stereocenters. The predicted octanol–water partition coefficient (Wildman–Crippen LogP) is 2.71. The summed E-state index contributed by atoms with van der Waals surface area (Å²) in [4.78, 5) is 14.1. The molecule has 0 aliphatic carbocycles. The lowest BCUT2D eigenvalue weighted by Gasteiger charge is -2.27. The van der Waals surface area contributed by atoms with E-state index in [1.54, 1.807) is 23.1 Å². The van der Waals surface area contributed by atoms with E-state index in [0.717, 1.165) is 13.0 Å². The van der Waals surface area contributed by atoms with Crippen LogP contribution < -0.4 is 5.73 Å². The molecule has 1 aromatic rings. The Morgan fingerprint density at radius 3 is 2.88 bits per heavy atom. The third kappa shape index (κ3) is 2.44. The van der Waals surface area contributed by atoms with E-state index in [4.69, 9.17) is 17.3 Å². The summed E-state index contributed by atoms with van der Waals surface area (Å²) in [6.45, 7) is 3.40. The second-order valence-corrected chi connectivity index (χ2v) is 4.68. The molecule has 2 rings (SSSR count). The third-order valence-corrected chi connectivity index (χ3v) is 3.19. The summed E-state index contributed by atoms with van der Waals surface area (Å²) in [7, 11) is 0. The molecule has 1 aliphatic heterocycles. The van der Waals surface area contributed by atoms with Gasteiger partial charge in [0.1, 0.15) is 0 Å². The maximum atomic E-state index is 12.3. The Morgan fingerprint density at radius 2 is 2.24 bits per heavy atom. The summed E-state index contributed by atoms with van der Waals surface area (Å²) in [5, 5.41) is 0.419. The molecule has 90 valence electrons. The van der Waals surface area contributed by atoms with Crippen LogP contribution in [-0.2, 0) is 0 Å². The third-order valence-electron chi connectivity index (χ3n) is 2.88. The highest BCUT2D eigenvalue weighted by Crippen LogP contribution is 2.24. The summed E-state index contributed by atoms with van der Waals surface area (Å²) in [6.07, 6.45) is 3.04. The number of carbonyl (C=O) groups excluding carboxylic acids is 1. The summed E-state index contributed by atoms with van der Waals surface area (Å²) in [5.41, 5.74) is 7.88. The molecule has 0 saturated carbocycles. The first-order chi connectivity index (χ1) is 8.09. The number of rotatable bonds is 1. The van der Waals surface area contributed by atoms with Crippen molar-refractivity contribution in [2.45, 2.75) is 13.3 Å². The molecule has 1 amide bonds. The van der Waals surface area contributed by atoms with Gasteiger partial charge < -0.3 is 10.6 Å². The van der Waals surface area contributed by atoms with E-state index in [1.165, 1.54) is 5.57 Å². The molecule has 1 aromatic carbocycles. The van der Waals surface area contributed by atoms with Gasteiger partial charge in [0.25, 0.3) is 5.91 Å². The molecular formula is C13H15ClN2O. The fourth-order valence-corrected chi connectivity index (χ4v) is 2.27. The minimum Gasteiger partial charge on any atom is -0.398 e. The van der Waals surface area contributed by atoms with E-state index in [1.807, 2.05) is 6.92 Å². The van der Waals surface area contributed by atoms with Gasteiger partial charge in [0, 0.05) is 18.8 Å². The lowest BCUT2D eigenvalue weighted by atomic mass is 10.1. The van der Waals surface area contributed by atoms with Crippen LogP contribution in [0.2, 0.25) is 5.02 Å². The van der Waals surface area contributed by atoms with Gasteiger partial charge in [0.15, 0.2) is 0 Å². The first kappa shape index (κ1) is 12.0. The van der Waals surface area contributed by atoms with Gasteiger partial charge in [0.2, 0.25) is 0 Å². The summed E-state index contributed by atoms with van der Waals surface area (Å²) >= 11 is 6.04. The Hall–Kier alpha value is -1.48. The van der Waals surface area contributed by atoms with Crippen molar-refractivity contribution in [2.75, 3.05) is 18.8 Å². The van der Waals surface area contributed by atoms with Gasteiger partial charge in [0.05, 0.1) is 10.6 Å². The number of nitrogens with two attached hydrogens (primary N) is 1. The zero-order valence-corrected chi connectivity index (χ0v) is 10.5. The van der Waals surface area contributed by atoms with Crippen LogP contribution >= 0.6 is 11.6 Å². The Morgan fingerprint density at radius 1 is 1.47 bits per heavy atom. The number of nitrogens with zero attached hydrogens (tertiary/aromatic N) is 1. The second kappa shape index (κ2) is 4.80. The molecule has 4 heteroatoms. The smallest absolute Gasteiger partial charge is 0.257 e. The van der Waals surface area contributed by atoms with Crippen LogP contribution in [0, 0.1) is 0 Å². The quantitative estimate of drug-likeness (QED) is 0.615. The van der Waals surface area contributed by atoms with Gasteiger partial charge in [-0.05, 0) is 25.5 Å². The molecule has 0 bridgehead atoms. The highest BCUT2D eigenvalue weighted by molar-refractivity contribution is 6.34. The van der Waals surface area contributed by atoms with E-state index in [0.29, 0.717) is 22.8 Å². The van der Waals surface area contributed by atoms with Crippen molar-refractivity contribution in [1.82, 2.24) is 4.90 Å². The summed E-state index contributed by atoms with van der Waals surface area (Å²) in [5.74, 6) is -0.0828. The Kier molecular flexibility index (Phi) is 3.38. The number of nitrogen functional groups attached to an aromatic ring is 1. The van der Waals surface area contributed by atoms with E-state index < -0.39 is 0 Å². The number of amides is 1. The van der Waals surface area contributed by atoms with Gasteiger partial charge in [-0.3, -0.25) is 4.79 Å². The molecule has 0 radical (unpaired) electrons. The van der Waals surface area contributed by atoms with E-state index in [2.05, 4.69) is 6.08 Å². The highest BCUT2D eigenvalue weighted by atomic mass is 35.5. The number of benzene rings is 1. The van der Waals surface area contributed by atoms with Crippen molar-refractivity contribution in [3.63, 3.8) is 0 Å². The average Bonchev–Trinajstić information content (AvgIpc) is 2.28. The number of carbonyl (C=O) groups is 1. The Labute approximate surface area is 106 Å². The fraction of sp³-hybridized carbons (Fsp3) is 0.308. The molecule has 17 heavy (non-hydrogen) atoms. The van der Waals surface area contributed by atoms with Crippen molar-refractivity contribution < 1.29 is 4.79 Å². The van der Waals surface area contributed by atoms with Crippen LogP contribution in [0.15, 0.2) is 29.8 Å². The van der Waals surface area contributed by atoms with Crippen LogP contribution in [0.1, 0.15) is 23.7 Å². The van der Waals surface area contributed by atoms with Crippen molar-refractivity contribution in [3.8, 4) is 0 Å². The van der Waals surface area contributed by atoms with Crippen LogP contribution in [0.3, 0.4) is 0 Å². The van der Waals surface area contributed by atoms with Gasteiger partial charge in [-0.1, -0.05) is 29.3 Å². The maximum absolute atomic E-state index is 12.3. The molecule has 0 atom stereocenters. The largest absolute Gasteiger partial charge is 0.398 e. The van der Waals surface area contributed by atoms with Crippen molar-refractivity contribution in [3.05, 3.63) is 40.4 Å². The van der Waals surface area contributed by atoms with Gasteiger partial charge in [-0.2, -0.15) is 0 Å². The normalized spacial score (nSPS) is 15.6. The molecule has 1 aliphatic rings. The number of anilines is 1. The van der Waals surface area contributed by atoms with Gasteiger partial charge in [-0.25, -0.2) is 0 Å².